The number of rotatable bonds is 6. The third-order valence-electron chi connectivity index (χ3n) is 2.12. The van der Waals surface area contributed by atoms with Crippen molar-refractivity contribution in [1.82, 2.24) is 0 Å². The van der Waals surface area contributed by atoms with Gasteiger partial charge in [0.2, 0.25) is 0 Å². The quantitative estimate of drug-likeness (QED) is 0.446. The summed E-state index contributed by atoms with van der Waals surface area (Å²) in [5.41, 5.74) is -1.67. The van der Waals surface area contributed by atoms with Crippen molar-refractivity contribution < 1.29 is 24.6 Å². The summed E-state index contributed by atoms with van der Waals surface area (Å²) >= 11 is 3.79. The summed E-state index contributed by atoms with van der Waals surface area (Å²) in [4.78, 5) is 32.3. The molecule has 0 unspecified atom stereocenters. The molecule has 0 heterocycles. The van der Waals surface area contributed by atoms with Crippen molar-refractivity contribution >= 4 is 30.4 Å². The molecule has 1 atom stereocenters. The number of hydrogen-bond acceptors (Lipinski definition) is 4. The van der Waals surface area contributed by atoms with Gasteiger partial charge in [0.05, 0.1) is 0 Å². The zero-order chi connectivity index (χ0) is 11.4. The molecular weight excluding hydrogens is 208 g/mol. The molecule has 0 saturated heterocycles. The first-order valence-corrected chi connectivity index (χ1v) is 4.57. The number of carbonyl (C=O) groups is 3. The Kier molecular flexibility index (Phi) is 4.62. The van der Waals surface area contributed by atoms with E-state index in [1.54, 1.807) is 0 Å². The molecule has 0 aromatic rings. The van der Waals surface area contributed by atoms with E-state index in [-0.39, 0.29) is 18.6 Å². The molecule has 0 aromatic heterocycles. The van der Waals surface area contributed by atoms with Crippen molar-refractivity contribution in [1.29, 1.82) is 0 Å². The summed E-state index contributed by atoms with van der Waals surface area (Å²) in [6.07, 6.45) is -0.580. The SMILES string of the molecule is CC(=O)[C@@](CS)(CCC(=O)O)C(=O)O. The third-order valence-corrected chi connectivity index (χ3v) is 2.66. The topological polar surface area (TPSA) is 91.7 Å². The van der Waals surface area contributed by atoms with Gasteiger partial charge in [0.25, 0.3) is 0 Å². The van der Waals surface area contributed by atoms with Crippen molar-refractivity contribution in [3.05, 3.63) is 0 Å². The Morgan fingerprint density at radius 3 is 2.00 bits per heavy atom. The standard InChI is InChI=1S/C8H12O5S/c1-5(9)8(4-14,7(12)13)3-2-6(10)11/h14H,2-4H2,1H3,(H,10,11)(H,12,13)/t8-/m0/s1. The Morgan fingerprint density at radius 2 is 1.79 bits per heavy atom. The van der Waals surface area contributed by atoms with Crippen LogP contribution < -0.4 is 0 Å². The smallest absolute Gasteiger partial charge is 0.318 e. The number of thiol groups is 1. The van der Waals surface area contributed by atoms with E-state index in [4.69, 9.17) is 10.2 Å². The Hall–Kier alpha value is -1.04. The van der Waals surface area contributed by atoms with Crippen LogP contribution in [0.2, 0.25) is 0 Å². The van der Waals surface area contributed by atoms with E-state index in [0.29, 0.717) is 0 Å². The van der Waals surface area contributed by atoms with Gasteiger partial charge in [-0.2, -0.15) is 12.6 Å². The summed E-state index contributed by atoms with van der Waals surface area (Å²) in [5, 5.41) is 17.3. The summed E-state index contributed by atoms with van der Waals surface area (Å²) in [6.45, 7) is 1.13. The summed E-state index contributed by atoms with van der Waals surface area (Å²) in [7, 11) is 0. The van der Waals surface area contributed by atoms with Gasteiger partial charge in [-0.15, -0.1) is 0 Å². The van der Waals surface area contributed by atoms with Crippen LogP contribution in [0.1, 0.15) is 19.8 Å². The van der Waals surface area contributed by atoms with E-state index >= 15 is 0 Å². The van der Waals surface area contributed by atoms with Gasteiger partial charge < -0.3 is 10.2 Å². The number of hydrogen-bond donors (Lipinski definition) is 3. The highest BCUT2D eigenvalue weighted by Crippen LogP contribution is 2.27. The monoisotopic (exact) mass is 220 g/mol. The molecule has 0 spiro atoms. The largest absolute Gasteiger partial charge is 0.481 e. The first kappa shape index (κ1) is 13.0. The molecule has 0 radical (unpaired) electrons. The van der Waals surface area contributed by atoms with Crippen molar-refractivity contribution in [2.75, 3.05) is 5.75 Å². The van der Waals surface area contributed by atoms with Crippen LogP contribution in [0.5, 0.6) is 0 Å². The summed E-state index contributed by atoms with van der Waals surface area (Å²) in [5.74, 6) is -3.20. The normalized spacial score (nSPS) is 14.4. The van der Waals surface area contributed by atoms with Crippen molar-refractivity contribution in [2.45, 2.75) is 19.8 Å². The molecule has 0 saturated carbocycles. The molecule has 0 amide bonds. The maximum atomic E-state index is 11.1. The fourth-order valence-electron chi connectivity index (χ4n) is 1.01. The minimum Gasteiger partial charge on any atom is -0.481 e. The first-order valence-electron chi connectivity index (χ1n) is 3.94. The van der Waals surface area contributed by atoms with Crippen molar-refractivity contribution in [3.8, 4) is 0 Å². The van der Waals surface area contributed by atoms with Gasteiger partial charge in [0.1, 0.15) is 11.2 Å². The number of ketones is 1. The van der Waals surface area contributed by atoms with Crippen LogP contribution in [0.3, 0.4) is 0 Å². The Labute approximate surface area is 86.5 Å². The molecule has 14 heavy (non-hydrogen) atoms. The number of Topliss-reactive ketones (excluding diaryl/α,β-unsaturated/α-hetero) is 1. The van der Waals surface area contributed by atoms with Crippen molar-refractivity contribution in [2.24, 2.45) is 5.41 Å². The van der Waals surface area contributed by atoms with Gasteiger partial charge >= 0.3 is 11.9 Å². The second-order valence-corrected chi connectivity index (χ2v) is 3.31. The first-order chi connectivity index (χ1) is 6.36. The van der Waals surface area contributed by atoms with E-state index < -0.39 is 23.1 Å². The maximum absolute atomic E-state index is 11.1. The molecule has 0 bridgehead atoms. The van der Waals surface area contributed by atoms with Gasteiger partial charge in [-0.05, 0) is 13.3 Å². The lowest BCUT2D eigenvalue weighted by molar-refractivity contribution is -0.153. The van der Waals surface area contributed by atoms with E-state index in [1.807, 2.05) is 0 Å². The molecular formula is C8H12O5S. The lowest BCUT2D eigenvalue weighted by atomic mass is 9.81. The molecule has 0 fully saturated rings. The predicted molar refractivity (Wildman–Crippen MR) is 51.5 cm³/mol. The molecule has 80 valence electrons. The van der Waals surface area contributed by atoms with E-state index in [1.165, 1.54) is 0 Å². The van der Waals surface area contributed by atoms with E-state index in [0.717, 1.165) is 6.92 Å². The lowest BCUT2D eigenvalue weighted by Crippen LogP contribution is -2.40. The molecule has 2 N–H and O–H groups in total. The molecule has 0 aliphatic carbocycles. The van der Waals surface area contributed by atoms with Gasteiger partial charge in [-0.3, -0.25) is 14.4 Å². The summed E-state index contributed by atoms with van der Waals surface area (Å²) < 4.78 is 0. The zero-order valence-electron chi connectivity index (χ0n) is 7.69. The van der Waals surface area contributed by atoms with Crippen LogP contribution in [-0.4, -0.2) is 33.7 Å². The van der Waals surface area contributed by atoms with Gasteiger partial charge in [-0.25, -0.2) is 0 Å². The Morgan fingerprint density at radius 1 is 1.29 bits per heavy atom. The lowest BCUT2D eigenvalue weighted by Gasteiger charge is -2.23. The van der Waals surface area contributed by atoms with E-state index in [2.05, 4.69) is 12.6 Å². The molecule has 5 nitrogen and oxygen atoms in total. The third kappa shape index (κ3) is 2.73. The van der Waals surface area contributed by atoms with Gasteiger partial charge in [-0.1, -0.05) is 0 Å². The molecule has 0 aliphatic heterocycles. The highest BCUT2D eigenvalue weighted by atomic mass is 32.1. The van der Waals surface area contributed by atoms with Crippen LogP contribution in [-0.2, 0) is 14.4 Å². The van der Waals surface area contributed by atoms with Crippen LogP contribution in [0.4, 0.5) is 0 Å². The number of carbonyl (C=O) groups excluding carboxylic acids is 1. The maximum Gasteiger partial charge on any atom is 0.318 e. The van der Waals surface area contributed by atoms with Crippen LogP contribution >= 0.6 is 12.6 Å². The summed E-state index contributed by atoms with van der Waals surface area (Å²) in [6, 6.07) is 0. The highest BCUT2D eigenvalue weighted by Gasteiger charge is 2.42. The fraction of sp³-hybridized carbons (Fsp3) is 0.625. The Balaban J connectivity index is 4.77. The molecule has 6 heteroatoms. The number of carboxylic acids is 2. The highest BCUT2D eigenvalue weighted by molar-refractivity contribution is 7.80. The zero-order valence-corrected chi connectivity index (χ0v) is 8.58. The van der Waals surface area contributed by atoms with E-state index in [9.17, 15) is 14.4 Å². The van der Waals surface area contributed by atoms with Crippen LogP contribution in [0.15, 0.2) is 0 Å². The Bertz CT molecular complexity index is 246. The molecule has 0 aliphatic rings. The minimum atomic E-state index is -1.67. The van der Waals surface area contributed by atoms with Crippen LogP contribution in [0.25, 0.3) is 0 Å². The van der Waals surface area contributed by atoms with Gasteiger partial charge in [0.15, 0.2) is 0 Å². The molecule has 0 aromatic carbocycles. The second kappa shape index (κ2) is 4.99. The average Bonchev–Trinajstić information content (AvgIpc) is 2.04. The number of aliphatic carboxylic acids is 2. The predicted octanol–water partition coefficient (Wildman–Crippen LogP) is 0.441. The fourth-order valence-corrected chi connectivity index (χ4v) is 1.53. The van der Waals surface area contributed by atoms with Crippen molar-refractivity contribution in [3.63, 3.8) is 0 Å². The molecule has 0 rings (SSSR count). The second-order valence-electron chi connectivity index (χ2n) is 3.00. The van der Waals surface area contributed by atoms with Gasteiger partial charge in [0, 0.05) is 12.2 Å². The number of carboxylic acid groups (broad SMARTS) is 2. The van der Waals surface area contributed by atoms with Crippen LogP contribution in [0, 0.1) is 5.41 Å². The minimum absolute atomic E-state index is 0.190. The average molecular weight is 220 g/mol.